The molecule has 2 aromatic rings. The van der Waals surface area contributed by atoms with Crippen LogP contribution in [0, 0.1) is 19.7 Å². The van der Waals surface area contributed by atoms with Gasteiger partial charge in [-0.3, -0.25) is 4.79 Å². The van der Waals surface area contributed by atoms with Crippen LogP contribution >= 0.6 is 23.4 Å². The number of thioether (sulfide) groups is 1. The number of benzene rings is 1. The van der Waals surface area contributed by atoms with Gasteiger partial charge < -0.3 is 4.57 Å². The molecule has 0 N–H and O–H groups in total. The number of hydrogen-bond acceptors (Lipinski definition) is 4. The molecule has 21 heavy (non-hydrogen) atoms. The van der Waals surface area contributed by atoms with Crippen molar-refractivity contribution in [3.8, 4) is 0 Å². The first-order valence-corrected chi connectivity index (χ1v) is 7.81. The Morgan fingerprint density at radius 3 is 2.76 bits per heavy atom. The number of Topliss-reactive ketones (excluding diaryl/α,β-unsaturated/α-hetero) is 1. The predicted molar refractivity (Wildman–Crippen MR) is 81.6 cm³/mol. The summed E-state index contributed by atoms with van der Waals surface area (Å²) in [5, 5.41) is 8.85. The van der Waals surface area contributed by atoms with Crippen molar-refractivity contribution in [1.29, 1.82) is 0 Å². The van der Waals surface area contributed by atoms with Crippen molar-refractivity contribution in [2.24, 2.45) is 0 Å². The Hall–Kier alpha value is -1.40. The van der Waals surface area contributed by atoms with Gasteiger partial charge in [-0.15, -0.1) is 10.2 Å². The lowest BCUT2D eigenvalue weighted by Crippen LogP contribution is -2.06. The van der Waals surface area contributed by atoms with Gasteiger partial charge in [-0.05, 0) is 38.5 Å². The molecule has 0 bridgehead atoms. The summed E-state index contributed by atoms with van der Waals surface area (Å²) in [7, 11) is 0. The van der Waals surface area contributed by atoms with Gasteiger partial charge in [0, 0.05) is 12.1 Å². The molecule has 112 valence electrons. The SMILES string of the molecule is CCn1c(C)nnc1SCC(=O)c1cc(C)c(F)cc1Cl. The highest BCUT2D eigenvalue weighted by Gasteiger charge is 2.16. The Morgan fingerprint density at radius 2 is 2.10 bits per heavy atom. The molecule has 0 radical (unpaired) electrons. The molecule has 1 aromatic carbocycles. The first kappa shape index (κ1) is 16.0. The largest absolute Gasteiger partial charge is 0.307 e. The van der Waals surface area contributed by atoms with Crippen molar-refractivity contribution >= 4 is 29.1 Å². The number of hydrogen-bond donors (Lipinski definition) is 0. The zero-order chi connectivity index (χ0) is 15.6. The maximum absolute atomic E-state index is 13.4. The molecule has 0 fully saturated rings. The van der Waals surface area contributed by atoms with Gasteiger partial charge in [-0.25, -0.2) is 4.39 Å². The molecule has 7 heteroatoms. The maximum Gasteiger partial charge on any atom is 0.191 e. The molecule has 0 saturated heterocycles. The fraction of sp³-hybridized carbons (Fsp3) is 0.357. The summed E-state index contributed by atoms with van der Waals surface area (Å²) in [4.78, 5) is 12.2. The van der Waals surface area contributed by atoms with Crippen molar-refractivity contribution in [3.05, 3.63) is 39.9 Å². The molecule has 1 heterocycles. The number of carbonyl (C=O) groups is 1. The van der Waals surface area contributed by atoms with E-state index < -0.39 is 5.82 Å². The van der Waals surface area contributed by atoms with Crippen LogP contribution in [-0.2, 0) is 6.54 Å². The first-order valence-electron chi connectivity index (χ1n) is 6.45. The van der Waals surface area contributed by atoms with Crippen molar-refractivity contribution in [1.82, 2.24) is 14.8 Å². The maximum atomic E-state index is 13.4. The highest BCUT2D eigenvalue weighted by molar-refractivity contribution is 7.99. The molecule has 0 saturated carbocycles. The third kappa shape index (κ3) is 3.44. The number of halogens is 2. The molecule has 0 unspecified atom stereocenters. The molecule has 2 rings (SSSR count). The smallest absolute Gasteiger partial charge is 0.191 e. The Labute approximate surface area is 131 Å². The zero-order valence-electron chi connectivity index (χ0n) is 12.0. The van der Waals surface area contributed by atoms with Crippen molar-refractivity contribution < 1.29 is 9.18 Å². The number of carbonyl (C=O) groups excluding carboxylic acids is 1. The predicted octanol–water partition coefficient (Wildman–Crippen LogP) is 3.68. The van der Waals surface area contributed by atoms with Gasteiger partial charge in [-0.1, -0.05) is 23.4 Å². The molecule has 0 atom stereocenters. The van der Waals surface area contributed by atoms with Crippen molar-refractivity contribution in [2.75, 3.05) is 5.75 Å². The molecule has 0 amide bonds. The summed E-state index contributed by atoms with van der Waals surface area (Å²) in [6.07, 6.45) is 0. The number of rotatable bonds is 5. The minimum atomic E-state index is -0.412. The number of aryl methyl sites for hydroxylation is 2. The minimum absolute atomic E-state index is 0.136. The van der Waals surface area contributed by atoms with Gasteiger partial charge in [0.15, 0.2) is 10.9 Å². The summed E-state index contributed by atoms with van der Waals surface area (Å²) in [5.41, 5.74) is 0.739. The van der Waals surface area contributed by atoms with Crippen molar-refractivity contribution in [2.45, 2.75) is 32.5 Å². The fourth-order valence-electron chi connectivity index (χ4n) is 1.91. The van der Waals surface area contributed by atoms with Crippen LogP contribution in [0.25, 0.3) is 0 Å². The first-order chi connectivity index (χ1) is 9.93. The molecule has 4 nitrogen and oxygen atoms in total. The van der Waals surface area contributed by atoms with E-state index in [9.17, 15) is 9.18 Å². The van der Waals surface area contributed by atoms with Crippen LogP contribution in [0.4, 0.5) is 4.39 Å². The Kier molecular flexibility index (Phi) is 5.00. The van der Waals surface area contributed by atoms with Crippen LogP contribution in [-0.4, -0.2) is 26.3 Å². The van der Waals surface area contributed by atoms with Gasteiger partial charge in [0.1, 0.15) is 11.6 Å². The lowest BCUT2D eigenvalue weighted by atomic mass is 10.1. The topological polar surface area (TPSA) is 47.8 Å². The standard InChI is InChI=1S/C14H15ClFN3OS/c1-4-19-9(3)17-18-14(19)21-7-13(20)10-5-8(2)12(16)6-11(10)15/h5-6H,4,7H2,1-3H3. The summed E-state index contributed by atoms with van der Waals surface area (Å²) in [6.45, 7) is 6.20. The minimum Gasteiger partial charge on any atom is -0.307 e. The highest BCUT2D eigenvalue weighted by atomic mass is 35.5. The van der Waals surface area contributed by atoms with Crippen LogP contribution in [0.1, 0.15) is 28.7 Å². The summed E-state index contributed by atoms with van der Waals surface area (Å²) in [6, 6.07) is 2.66. The molecule has 0 aliphatic heterocycles. The van der Waals surface area contributed by atoms with Crippen LogP contribution in [0.5, 0.6) is 0 Å². The molecular weight excluding hydrogens is 313 g/mol. The Bertz CT molecular complexity index is 687. The van der Waals surface area contributed by atoms with Gasteiger partial charge in [-0.2, -0.15) is 0 Å². The number of ketones is 1. The second kappa shape index (κ2) is 6.58. The second-order valence-corrected chi connectivity index (χ2v) is 5.92. The normalized spacial score (nSPS) is 10.9. The van der Waals surface area contributed by atoms with Crippen LogP contribution in [0.3, 0.4) is 0 Å². The van der Waals surface area contributed by atoms with Gasteiger partial charge in [0.05, 0.1) is 10.8 Å². The van der Waals surface area contributed by atoms with E-state index in [1.54, 1.807) is 6.92 Å². The third-order valence-corrected chi connectivity index (χ3v) is 4.38. The molecular formula is C14H15ClFN3OS. The summed E-state index contributed by atoms with van der Waals surface area (Å²) >= 11 is 7.24. The molecule has 0 aliphatic rings. The van der Waals surface area contributed by atoms with E-state index in [0.717, 1.165) is 12.4 Å². The summed E-state index contributed by atoms with van der Waals surface area (Å²) < 4.78 is 15.3. The molecule has 0 spiro atoms. The van der Waals surface area contributed by atoms with Gasteiger partial charge in [0.25, 0.3) is 0 Å². The second-order valence-electron chi connectivity index (χ2n) is 4.57. The fourth-order valence-corrected chi connectivity index (χ4v) is 3.10. The van der Waals surface area contributed by atoms with Gasteiger partial charge in [0.2, 0.25) is 0 Å². The van der Waals surface area contributed by atoms with E-state index in [1.807, 2.05) is 18.4 Å². The average molecular weight is 328 g/mol. The zero-order valence-corrected chi connectivity index (χ0v) is 13.6. The van der Waals surface area contributed by atoms with E-state index in [4.69, 9.17) is 11.6 Å². The van der Waals surface area contributed by atoms with E-state index >= 15 is 0 Å². The van der Waals surface area contributed by atoms with Crippen molar-refractivity contribution in [3.63, 3.8) is 0 Å². The highest BCUT2D eigenvalue weighted by Crippen LogP contribution is 2.24. The van der Waals surface area contributed by atoms with Crippen LogP contribution < -0.4 is 0 Å². The van der Waals surface area contributed by atoms with Crippen LogP contribution in [0.15, 0.2) is 17.3 Å². The lowest BCUT2D eigenvalue weighted by molar-refractivity contribution is 0.102. The molecule has 1 aromatic heterocycles. The number of nitrogens with zero attached hydrogens (tertiary/aromatic N) is 3. The van der Waals surface area contributed by atoms with Crippen LogP contribution in [0.2, 0.25) is 5.02 Å². The third-order valence-electron chi connectivity index (χ3n) is 3.10. The molecule has 0 aliphatic carbocycles. The monoisotopic (exact) mass is 327 g/mol. The van der Waals surface area contributed by atoms with Gasteiger partial charge >= 0.3 is 0 Å². The Morgan fingerprint density at radius 1 is 1.38 bits per heavy atom. The van der Waals surface area contributed by atoms with E-state index in [0.29, 0.717) is 16.3 Å². The lowest BCUT2D eigenvalue weighted by Gasteiger charge is -2.07. The van der Waals surface area contributed by atoms with E-state index in [2.05, 4.69) is 10.2 Å². The average Bonchev–Trinajstić information content (AvgIpc) is 2.80. The number of aromatic nitrogens is 3. The quantitative estimate of drug-likeness (QED) is 0.621. The Balaban J connectivity index is 2.14. The van der Waals surface area contributed by atoms with E-state index in [-0.39, 0.29) is 16.6 Å². The summed E-state index contributed by atoms with van der Waals surface area (Å²) in [5.74, 6) is 0.424. The van der Waals surface area contributed by atoms with E-state index in [1.165, 1.54) is 23.9 Å².